The van der Waals surface area contributed by atoms with Crippen LogP contribution >= 0.6 is 0 Å². The lowest BCUT2D eigenvalue weighted by atomic mass is 9.90. The van der Waals surface area contributed by atoms with Gasteiger partial charge in [0.1, 0.15) is 5.54 Å². The van der Waals surface area contributed by atoms with Crippen LogP contribution in [0.1, 0.15) is 44.0 Å². The Balaban J connectivity index is 1.80. The molecule has 6 nitrogen and oxygen atoms in total. The lowest BCUT2D eigenvalue weighted by Gasteiger charge is -2.27. The van der Waals surface area contributed by atoms with Crippen molar-refractivity contribution < 1.29 is 19.1 Å². The number of ether oxygens (including phenoxy) is 1. The highest BCUT2D eigenvalue weighted by Crippen LogP contribution is 2.20. The minimum Gasteiger partial charge on any atom is -0.456 e. The molecule has 0 bridgehead atoms. The fourth-order valence-corrected chi connectivity index (χ4v) is 2.68. The summed E-state index contributed by atoms with van der Waals surface area (Å²) in [6.45, 7) is 4.75. The first kappa shape index (κ1) is 22.8. The molecule has 2 aromatic rings. The van der Waals surface area contributed by atoms with Crippen molar-refractivity contribution in [3.05, 3.63) is 60.2 Å². The Labute approximate surface area is 176 Å². The Bertz CT molecular complexity index is 930. The van der Waals surface area contributed by atoms with Crippen LogP contribution in [0, 0.1) is 17.2 Å². The molecule has 1 amide bonds. The average Bonchev–Trinajstić information content (AvgIpc) is 2.76. The second-order valence-electron chi connectivity index (χ2n) is 7.54. The van der Waals surface area contributed by atoms with E-state index in [9.17, 15) is 19.6 Å². The number of nitriles is 1. The molecule has 2 aromatic carbocycles. The zero-order valence-electron chi connectivity index (χ0n) is 17.5. The predicted octanol–water partition coefficient (Wildman–Crippen LogP) is 3.91. The lowest BCUT2D eigenvalue weighted by molar-refractivity contribution is -0.148. The topological polar surface area (TPSA) is 96.3 Å². The highest BCUT2D eigenvalue weighted by molar-refractivity contribution is 5.98. The Morgan fingerprint density at radius 1 is 1.00 bits per heavy atom. The molecular weight excluding hydrogens is 380 g/mol. The maximum atomic E-state index is 12.3. The second kappa shape index (κ2) is 10.4. The lowest BCUT2D eigenvalue weighted by Crippen LogP contribution is -2.50. The van der Waals surface area contributed by atoms with Crippen molar-refractivity contribution in [2.75, 3.05) is 6.61 Å². The van der Waals surface area contributed by atoms with Crippen LogP contribution in [0.2, 0.25) is 0 Å². The maximum Gasteiger partial charge on any atom is 0.306 e. The van der Waals surface area contributed by atoms with Gasteiger partial charge >= 0.3 is 5.97 Å². The molecule has 30 heavy (non-hydrogen) atoms. The second-order valence-corrected chi connectivity index (χ2v) is 7.54. The van der Waals surface area contributed by atoms with Gasteiger partial charge in [0.25, 0.3) is 5.91 Å². The number of nitrogens with one attached hydrogen (secondary N) is 1. The van der Waals surface area contributed by atoms with Gasteiger partial charge in [0.15, 0.2) is 12.4 Å². The number of esters is 1. The predicted molar refractivity (Wildman–Crippen MR) is 113 cm³/mol. The van der Waals surface area contributed by atoms with E-state index in [0.29, 0.717) is 5.56 Å². The molecule has 0 aliphatic heterocycles. The molecule has 2 rings (SSSR count). The number of nitrogens with zero attached hydrogens (tertiary/aromatic N) is 1. The molecule has 0 fully saturated rings. The van der Waals surface area contributed by atoms with Gasteiger partial charge in [-0.3, -0.25) is 14.4 Å². The summed E-state index contributed by atoms with van der Waals surface area (Å²) in [6, 6.07) is 19.1. The minimum absolute atomic E-state index is 0.00690. The van der Waals surface area contributed by atoms with Crippen molar-refractivity contribution in [2.24, 2.45) is 5.92 Å². The van der Waals surface area contributed by atoms with Crippen LogP contribution in [0.15, 0.2) is 54.6 Å². The SMILES string of the molecule is CC(C)[C@](C)(C#N)NC(=O)COC(=O)CCC(=O)c1ccc(-c2ccccc2)cc1. The molecule has 0 unspecified atom stereocenters. The van der Waals surface area contributed by atoms with E-state index in [1.165, 1.54) is 0 Å². The number of rotatable bonds is 9. The Hall–Kier alpha value is -3.46. The highest BCUT2D eigenvalue weighted by Gasteiger charge is 2.30. The summed E-state index contributed by atoms with van der Waals surface area (Å²) in [5.41, 5.74) is 1.54. The quantitative estimate of drug-likeness (QED) is 0.503. The smallest absolute Gasteiger partial charge is 0.306 e. The molecule has 1 N–H and O–H groups in total. The molecule has 0 saturated heterocycles. The van der Waals surface area contributed by atoms with Crippen molar-refractivity contribution in [1.82, 2.24) is 5.32 Å². The number of ketones is 1. The van der Waals surface area contributed by atoms with E-state index in [-0.39, 0.29) is 24.5 Å². The largest absolute Gasteiger partial charge is 0.456 e. The van der Waals surface area contributed by atoms with E-state index in [1.807, 2.05) is 56.3 Å². The average molecular weight is 406 g/mol. The van der Waals surface area contributed by atoms with E-state index >= 15 is 0 Å². The Morgan fingerprint density at radius 3 is 2.17 bits per heavy atom. The van der Waals surface area contributed by atoms with E-state index < -0.39 is 24.0 Å². The third-order valence-electron chi connectivity index (χ3n) is 5.02. The van der Waals surface area contributed by atoms with Gasteiger partial charge < -0.3 is 10.1 Å². The maximum absolute atomic E-state index is 12.3. The Kier molecular flexibility index (Phi) is 7.88. The molecule has 156 valence electrons. The molecule has 0 aliphatic carbocycles. The number of benzene rings is 2. The first-order valence-corrected chi connectivity index (χ1v) is 9.81. The minimum atomic E-state index is -1.04. The van der Waals surface area contributed by atoms with Crippen molar-refractivity contribution in [2.45, 2.75) is 39.2 Å². The van der Waals surface area contributed by atoms with Gasteiger partial charge in [-0.25, -0.2) is 0 Å². The summed E-state index contributed by atoms with van der Waals surface area (Å²) in [4.78, 5) is 36.1. The fraction of sp³-hybridized carbons (Fsp3) is 0.333. The van der Waals surface area contributed by atoms with Crippen LogP contribution in [-0.4, -0.2) is 29.8 Å². The van der Waals surface area contributed by atoms with Crippen molar-refractivity contribution >= 4 is 17.7 Å². The van der Waals surface area contributed by atoms with Gasteiger partial charge in [-0.1, -0.05) is 68.4 Å². The number of hydrogen-bond acceptors (Lipinski definition) is 5. The van der Waals surface area contributed by atoms with E-state index in [2.05, 4.69) is 11.4 Å². The standard InChI is InChI=1S/C24H26N2O4/c1-17(2)24(3,16-25)26-22(28)15-30-23(29)14-13-21(27)20-11-9-19(10-12-20)18-7-5-4-6-8-18/h4-12,17H,13-15H2,1-3H3,(H,26,28)/t24-/m0/s1. The molecule has 0 aliphatic rings. The zero-order chi connectivity index (χ0) is 22.1. The normalized spacial score (nSPS) is 12.5. The number of carbonyl (C=O) groups excluding carboxylic acids is 3. The number of amides is 1. The Morgan fingerprint density at radius 2 is 1.60 bits per heavy atom. The van der Waals surface area contributed by atoms with Crippen LogP contribution in [0.3, 0.4) is 0 Å². The molecule has 0 radical (unpaired) electrons. The summed E-state index contributed by atoms with van der Waals surface area (Å²) >= 11 is 0. The first-order chi connectivity index (χ1) is 14.2. The molecule has 0 aromatic heterocycles. The van der Waals surface area contributed by atoms with Crippen LogP contribution in [0.25, 0.3) is 11.1 Å². The van der Waals surface area contributed by atoms with Gasteiger partial charge in [0.05, 0.1) is 12.5 Å². The third-order valence-corrected chi connectivity index (χ3v) is 5.02. The third kappa shape index (κ3) is 6.28. The van der Waals surface area contributed by atoms with Gasteiger partial charge in [0, 0.05) is 12.0 Å². The molecule has 1 atom stereocenters. The van der Waals surface area contributed by atoms with Crippen LogP contribution in [0.5, 0.6) is 0 Å². The van der Waals surface area contributed by atoms with Gasteiger partial charge in [-0.15, -0.1) is 0 Å². The molecule has 0 heterocycles. The number of hydrogen-bond donors (Lipinski definition) is 1. The van der Waals surface area contributed by atoms with Crippen LogP contribution in [-0.2, 0) is 14.3 Å². The molecule has 6 heteroatoms. The fourth-order valence-electron chi connectivity index (χ4n) is 2.68. The summed E-state index contributed by atoms with van der Waals surface area (Å²) in [6.07, 6.45) is -0.126. The highest BCUT2D eigenvalue weighted by atomic mass is 16.5. The zero-order valence-corrected chi connectivity index (χ0v) is 17.5. The summed E-state index contributed by atoms with van der Waals surface area (Å²) < 4.78 is 4.92. The van der Waals surface area contributed by atoms with Gasteiger partial charge in [-0.2, -0.15) is 5.26 Å². The van der Waals surface area contributed by atoms with Crippen molar-refractivity contribution in [1.29, 1.82) is 5.26 Å². The number of carbonyl (C=O) groups is 3. The molecular formula is C24H26N2O4. The van der Waals surface area contributed by atoms with Gasteiger partial charge in [0.2, 0.25) is 0 Å². The van der Waals surface area contributed by atoms with E-state index in [4.69, 9.17) is 4.74 Å². The van der Waals surface area contributed by atoms with Crippen LogP contribution < -0.4 is 5.32 Å². The van der Waals surface area contributed by atoms with Crippen LogP contribution in [0.4, 0.5) is 0 Å². The first-order valence-electron chi connectivity index (χ1n) is 9.81. The van der Waals surface area contributed by atoms with Crippen molar-refractivity contribution in [3.63, 3.8) is 0 Å². The summed E-state index contributed by atoms with van der Waals surface area (Å²) in [5.74, 6) is -1.47. The molecule has 0 saturated carbocycles. The van der Waals surface area contributed by atoms with Crippen molar-refractivity contribution in [3.8, 4) is 17.2 Å². The summed E-state index contributed by atoms with van der Waals surface area (Å²) in [5, 5.41) is 11.8. The monoisotopic (exact) mass is 406 g/mol. The number of Topliss-reactive ketones (excluding diaryl/α,β-unsaturated/α-hetero) is 1. The van der Waals surface area contributed by atoms with Gasteiger partial charge in [-0.05, 0) is 24.0 Å². The molecule has 0 spiro atoms. The summed E-state index contributed by atoms with van der Waals surface area (Å²) in [7, 11) is 0. The van der Waals surface area contributed by atoms with E-state index in [1.54, 1.807) is 19.1 Å². The van der Waals surface area contributed by atoms with E-state index in [0.717, 1.165) is 11.1 Å².